The summed E-state index contributed by atoms with van der Waals surface area (Å²) in [5.74, 6) is 3.12. The molecule has 0 bridgehead atoms. The Balaban J connectivity index is 0.000000640. The van der Waals surface area contributed by atoms with Crippen molar-refractivity contribution >= 4 is 0 Å². The molecule has 0 heterocycles. The third kappa shape index (κ3) is 1.98. The van der Waals surface area contributed by atoms with Gasteiger partial charge in [0.15, 0.2) is 0 Å². The molecular formula is C8H18O. The molecule has 1 aliphatic rings. The van der Waals surface area contributed by atoms with Crippen molar-refractivity contribution in [2.75, 3.05) is 0 Å². The number of hydrogen-bond donors (Lipinski definition) is 0. The van der Waals surface area contributed by atoms with E-state index in [2.05, 4.69) is 20.8 Å². The fourth-order valence-electron chi connectivity index (χ4n) is 1.45. The lowest BCUT2D eigenvalue weighted by Crippen LogP contribution is -1.94. The maximum absolute atomic E-state index is 2.37. The molecule has 0 radical (unpaired) electrons. The molecule has 0 amide bonds. The molecule has 1 fully saturated rings. The van der Waals surface area contributed by atoms with Crippen LogP contribution in [0.15, 0.2) is 0 Å². The standard InChI is InChI=1S/C8H16.H2O/c1-4-6(2)8-5-7(8)3;/h6-8H,4-5H2,1-3H3;1H2. The molecule has 0 spiro atoms. The Morgan fingerprint density at radius 3 is 2.11 bits per heavy atom. The Labute approximate surface area is 57.8 Å². The van der Waals surface area contributed by atoms with Gasteiger partial charge in [-0.15, -0.1) is 0 Å². The topological polar surface area (TPSA) is 31.5 Å². The van der Waals surface area contributed by atoms with Crippen LogP contribution in [0.25, 0.3) is 0 Å². The van der Waals surface area contributed by atoms with Gasteiger partial charge in [-0.3, -0.25) is 0 Å². The van der Waals surface area contributed by atoms with Crippen LogP contribution in [0.3, 0.4) is 0 Å². The van der Waals surface area contributed by atoms with Gasteiger partial charge >= 0.3 is 0 Å². The lowest BCUT2D eigenvalue weighted by atomic mass is 10.0. The summed E-state index contributed by atoms with van der Waals surface area (Å²) in [4.78, 5) is 0. The predicted molar refractivity (Wildman–Crippen MR) is 40.3 cm³/mol. The van der Waals surface area contributed by atoms with E-state index in [0.29, 0.717) is 0 Å². The maximum Gasteiger partial charge on any atom is -0.0360 e. The minimum absolute atomic E-state index is 0. The molecule has 1 saturated carbocycles. The number of hydrogen-bond acceptors (Lipinski definition) is 0. The third-order valence-corrected chi connectivity index (χ3v) is 2.55. The highest BCUT2D eigenvalue weighted by atomic mass is 16.0. The van der Waals surface area contributed by atoms with Crippen LogP contribution >= 0.6 is 0 Å². The minimum Gasteiger partial charge on any atom is -0.412 e. The van der Waals surface area contributed by atoms with Crippen LogP contribution in [0.1, 0.15) is 33.6 Å². The summed E-state index contributed by atoms with van der Waals surface area (Å²) >= 11 is 0. The fraction of sp³-hybridized carbons (Fsp3) is 1.00. The summed E-state index contributed by atoms with van der Waals surface area (Å²) in [6.45, 7) is 7.01. The van der Waals surface area contributed by atoms with Crippen molar-refractivity contribution in [3.8, 4) is 0 Å². The molecule has 1 heteroatoms. The van der Waals surface area contributed by atoms with E-state index in [-0.39, 0.29) is 5.48 Å². The second-order valence-electron chi connectivity index (χ2n) is 3.26. The van der Waals surface area contributed by atoms with Crippen LogP contribution in [0.4, 0.5) is 0 Å². The smallest absolute Gasteiger partial charge is 0.0360 e. The van der Waals surface area contributed by atoms with E-state index in [4.69, 9.17) is 0 Å². The van der Waals surface area contributed by atoms with E-state index < -0.39 is 0 Å². The Kier molecular flexibility index (Phi) is 3.20. The zero-order valence-corrected chi connectivity index (χ0v) is 6.65. The lowest BCUT2D eigenvalue weighted by Gasteiger charge is -2.03. The highest BCUT2D eigenvalue weighted by Gasteiger charge is 2.35. The second kappa shape index (κ2) is 3.21. The molecule has 2 N–H and O–H groups in total. The zero-order valence-electron chi connectivity index (χ0n) is 6.65. The van der Waals surface area contributed by atoms with Crippen molar-refractivity contribution in [1.29, 1.82) is 0 Å². The van der Waals surface area contributed by atoms with Crippen LogP contribution in [-0.2, 0) is 0 Å². The van der Waals surface area contributed by atoms with Crippen molar-refractivity contribution in [2.45, 2.75) is 33.6 Å². The first-order valence-corrected chi connectivity index (χ1v) is 3.75. The molecule has 3 unspecified atom stereocenters. The van der Waals surface area contributed by atoms with Gasteiger partial charge in [0, 0.05) is 0 Å². The lowest BCUT2D eigenvalue weighted by molar-refractivity contribution is 0.469. The van der Waals surface area contributed by atoms with Crippen LogP contribution < -0.4 is 0 Å². The van der Waals surface area contributed by atoms with Gasteiger partial charge in [-0.1, -0.05) is 27.2 Å². The van der Waals surface area contributed by atoms with Crippen molar-refractivity contribution < 1.29 is 5.48 Å². The minimum atomic E-state index is 0. The Bertz CT molecular complexity index is 78.6. The van der Waals surface area contributed by atoms with Gasteiger partial charge in [-0.25, -0.2) is 0 Å². The number of rotatable bonds is 2. The molecule has 1 rings (SSSR count). The maximum atomic E-state index is 2.37. The zero-order chi connectivity index (χ0) is 6.15. The molecule has 0 aromatic carbocycles. The quantitative estimate of drug-likeness (QED) is 0.546. The summed E-state index contributed by atoms with van der Waals surface area (Å²) in [5, 5.41) is 0. The van der Waals surface area contributed by atoms with Gasteiger partial charge in [-0.2, -0.15) is 0 Å². The summed E-state index contributed by atoms with van der Waals surface area (Å²) in [5.41, 5.74) is 0. The van der Waals surface area contributed by atoms with Crippen LogP contribution in [0.5, 0.6) is 0 Å². The van der Waals surface area contributed by atoms with E-state index in [1.54, 1.807) is 0 Å². The Hall–Kier alpha value is -0.0400. The molecule has 0 aromatic rings. The largest absolute Gasteiger partial charge is 0.412 e. The van der Waals surface area contributed by atoms with Gasteiger partial charge in [-0.05, 0) is 24.2 Å². The van der Waals surface area contributed by atoms with E-state index in [1.807, 2.05) is 0 Å². The van der Waals surface area contributed by atoms with Gasteiger partial charge in [0.05, 0.1) is 0 Å². The van der Waals surface area contributed by atoms with Crippen molar-refractivity contribution in [3.63, 3.8) is 0 Å². The average Bonchev–Trinajstić information content (AvgIpc) is 2.45. The van der Waals surface area contributed by atoms with Gasteiger partial charge in [0.25, 0.3) is 0 Å². The normalized spacial score (nSPS) is 35.0. The molecule has 1 nitrogen and oxygen atoms in total. The molecule has 0 saturated heterocycles. The van der Waals surface area contributed by atoms with Crippen molar-refractivity contribution in [2.24, 2.45) is 17.8 Å². The molecule has 0 aromatic heterocycles. The van der Waals surface area contributed by atoms with E-state index in [0.717, 1.165) is 17.8 Å². The molecule has 3 atom stereocenters. The van der Waals surface area contributed by atoms with Gasteiger partial charge in [0.1, 0.15) is 0 Å². The van der Waals surface area contributed by atoms with Crippen molar-refractivity contribution in [3.05, 3.63) is 0 Å². The molecular weight excluding hydrogens is 112 g/mol. The molecule has 56 valence electrons. The third-order valence-electron chi connectivity index (χ3n) is 2.55. The summed E-state index contributed by atoms with van der Waals surface area (Å²) < 4.78 is 0. The van der Waals surface area contributed by atoms with Crippen LogP contribution in [-0.4, -0.2) is 5.48 Å². The van der Waals surface area contributed by atoms with Crippen LogP contribution in [0, 0.1) is 17.8 Å². The fourth-order valence-corrected chi connectivity index (χ4v) is 1.45. The summed E-state index contributed by atoms with van der Waals surface area (Å²) in [6, 6.07) is 0. The van der Waals surface area contributed by atoms with E-state index >= 15 is 0 Å². The van der Waals surface area contributed by atoms with E-state index in [9.17, 15) is 0 Å². The second-order valence-corrected chi connectivity index (χ2v) is 3.26. The van der Waals surface area contributed by atoms with E-state index in [1.165, 1.54) is 12.8 Å². The average molecular weight is 130 g/mol. The summed E-state index contributed by atoms with van der Waals surface area (Å²) in [7, 11) is 0. The van der Waals surface area contributed by atoms with Crippen molar-refractivity contribution in [1.82, 2.24) is 0 Å². The first kappa shape index (κ1) is 8.96. The predicted octanol–water partition coefficient (Wildman–Crippen LogP) is 1.86. The molecule has 1 aliphatic carbocycles. The van der Waals surface area contributed by atoms with Crippen LogP contribution in [0.2, 0.25) is 0 Å². The first-order valence-electron chi connectivity index (χ1n) is 3.75. The molecule has 9 heavy (non-hydrogen) atoms. The van der Waals surface area contributed by atoms with Gasteiger partial charge in [0.2, 0.25) is 0 Å². The SMILES string of the molecule is CCC(C)C1CC1C.O. The van der Waals surface area contributed by atoms with Gasteiger partial charge < -0.3 is 5.48 Å². The molecule has 0 aliphatic heterocycles. The Morgan fingerprint density at radius 1 is 1.56 bits per heavy atom. The highest BCUT2D eigenvalue weighted by molar-refractivity contribution is 4.85. The monoisotopic (exact) mass is 130 g/mol. The highest BCUT2D eigenvalue weighted by Crippen LogP contribution is 2.44. The Morgan fingerprint density at radius 2 is 2.00 bits per heavy atom. The summed E-state index contributed by atoms with van der Waals surface area (Å²) in [6.07, 6.45) is 2.87. The first-order chi connectivity index (χ1) is 3.75.